The molecule has 2 aliphatic rings. The lowest BCUT2D eigenvalue weighted by atomic mass is 9.85. The van der Waals surface area contributed by atoms with E-state index < -0.39 is 0 Å². The van der Waals surface area contributed by atoms with E-state index in [-0.39, 0.29) is 11.4 Å². The number of para-hydroxylation sites is 1. The SMILES string of the molecule is CCCN1CCC2(CC1)C(=O)NCN2c1ccccc1. The van der Waals surface area contributed by atoms with Crippen LogP contribution in [-0.2, 0) is 4.79 Å². The maximum absolute atomic E-state index is 12.4. The van der Waals surface area contributed by atoms with E-state index in [0.717, 1.165) is 38.2 Å². The molecule has 20 heavy (non-hydrogen) atoms. The zero-order valence-corrected chi connectivity index (χ0v) is 12.1. The third kappa shape index (κ3) is 2.18. The minimum atomic E-state index is -0.328. The van der Waals surface area contributed by atoms with Gasteiger partial charge in [-0.05, 0) is 37.9 Å². The zero-order valence-electron chi connectivity index (χ0n) is 12.1. The number of carbonyl (C=O) groups is 1. The van der Waals surface area contributed by atoms with Crippen LogP contribution in [0.3, 0.4) is 0 Å². The van der Waals surface area contributed by atoms with Crippen molar-refractivity contribution in [1.29, 1.82) is 0 Å². The Bertz CT molecular complexity index is 466. The van der Waals surface area contributed by atoms with Gasteiger partial charge in [0.05, 0.1) is 6.67 Å². The molecule has 2 fully saturated rings. The standard InChI is InChI=1S/C16H23N3O/c1-2-10-18-11-8-16(9-12-18)15(20)17-13-19(16)14-6-4-3-5-7-14/h3-7H,2,8-13H2,1H3,(H,17,20). The minimum Gasteiger partial charge on any atom is -0.339 e. The highest BCUT2D eigenvalue weighted by atomic mass is 16.2. The smallest absolute Gasteiger partial charge is 0.247 e. The normalized spacial score (nSPS) is 22.2. The van der Waals surface area contributed by atoms with Crippen molar-refractivity contribution in [3.63, 3.8) is 0 Å². The molecule has 1 aromatic carbocycles. The van der Waals surface area contributed by atoms with Gasteiger partial charge < -0.3 is 15.1 Å². The highest BCUT2D eigenvalue weighted by Gasteiger charge is 2.50. The molecular weight excluding hydrogens is 250 g/mol. The summed E-state index contributed by atoms with van der Waals surface area (Å²) in [5.41, 5.74) is 0.820. The Labute approximate surface area is 120 Å². The lowest BCUT2D eigenvalue weighted by Crippen LogP contribution is -2.56. The van der Waals surface area contributed by atoms with Gasteiger partial charge in [-0.15, -0.1) is 0 Å². The van der Waals surface area contributed by atoms with Crippen molar-refractivity contribution in [3.8, 4) is 0 Å². The number of likely N-dealkylation sites (tertiary alicyclic amines) is 1. The molecule has 1 spiro atoms. The quantitative estimate of drug-likeness (QED) is 0.912. The molecule has 0 aromatic heterocycles. The van der Waals surface area contributed by atoms with Gasteiger partial charge in [0.1, 0.15) is 5.54 Å². The first kappa shape index (κ1) is 13.4. The molecule has 0 atom stereocenters. The Hall–Kier alpha value is -1.55. The van der Waals surface area contributed by atoms with E-state index >= 15 is 0 Å². The highest BCUT2D eigenvalue weighted by Crippen LogP contribution is 2.36. The van der Waals surface area contributed by atoms with Crippen molar-refractivity contribution in [1.82, 2.24) is 10.2 Å². The number of nitrogens with one attached hydrogen (secondary N) is 1. The molecule has 4 nitrogen and oxygen atoms in total. The Morgan fingerprint density at radius 3 is 2.55 bits per heavy atom. The number of benzene rings is 1. The van der Waals surface area contributed by atoms with Gasteiger partial charge >= 0.3 is 0 Å². The van der Waals surface area contributed by atoms with E-state index in [1.165, 1.54) is 6.42 Å². The predicted molar refractivity (Wildman–Crippen MR) is 80.6 cm³/mol. The minimum absolute atomic E-state index is 0.206. The number of nitrogens with zero attached hydrogens (tertiary/aromatic N) is 2. The highest BCUT2D eigenvalue weighted by molar-refractivity contribution is 5.93. The molecule has 0 unspecified atom stereocenters. The van der Waals surface area contributed by atoms with Crippen molar-refractivity contribution >= 4 is 11.6 Å². The first-order valence-corrected chi connectivity index (χ1v) is 7.59. The van der Waals surface area contributed by atoms with Crippen LogP contribution in [-0.4, -0.2) is 42.6 Å². The summed E-state index contributed by atoms with van der Waals surface area (Å²) in [5.74, 6) is 0.206. The third-order valence-electron chi connectivity index (χ3n) is 4.63. The second-order valence-electron chi connectivity index (χ2n) is 5.80. The summed E-state index contributed by atoms with van der Waals surface area (Å²) < 4.78 is 0. The molecule has 2 saturated heterocycles. The summed E-state index contributed by atoms with van der Waals surface area (Å²) in [5, 5.41) is 3.04. The van der Waals surface area contributed by atoms with E-state index in [1.807, 2.05) is 18.2 Å². The molecule has 1 amide bonds. The van der Waals surface area contributed by atoms with Gasteiger partial charge in [0, 0.05) is 18.8 Å². The van der Waals surface area contributed by atoms with Crippen LogP contribution in [0.1, 0.15) is 26.2 Å². The van der Waals surface area contributed by atoms with Crippen LogP contribution in [0.25, 0.3) is 0 Å². The van der Waals surface area contributed by atoms with Crippen LogP contribution < -0.4 is 10.2 Å². The average Bonchev–Trinajstić information content (AvgIpc) is 2.80. The fraction of sp³-hybridized carbons (Fsp3) is 0.562. The number of piperidine rings is 1. The van der Waals surface area contributed by atoms with Gasteiger partial charge in [0.2, 0.25) is 5.91 Å². The molecule has 0 bridgehead atoms. The van der Waals surface area contributed by atoms with Crippen LogP contribution in [0.5, 0.6) is 0 Å². The van der Waals surface area contributed by atoms with Gasteiger partial charge in [-0.2, -0.15) is 0 Å². The Balaban J connectivity index is 1.81. The van der Waals surface area contributed by atoms with E-state index in [2.05, 4.69) is 34.2 Å². The van der Waals surface area contributed by atoms with Crippen LogP contribution in [0, 0.1) is 0 Å². The van der Waals surface area contributed by atoms with Crippen LogP contribution in [0.2, 0.25) is 0 Å². The fourth-order valence-corrected chi connectivity index (χ4v) is 3.50. The number of hydrogen-bond donors (Lipinski definition) is 1. The lowest BCUT2D eigenvalue weighted by molar-refractivity contribution is -0.125. The molecule has 2 aliphatic heterocycles. The lowest BCUT2D eigenvalue weighted by Gasteiger charge is -2.43. The number of amides is 1. The van der Waals surface area contributed by atoms with E-state index in [0.29, 0.717) is 6.67 Å². The topological polar surface area (TPSA) is 35.6 Å². The summed E-state index contributed by atoms with van der Waals surface area (Å²) in [6.45, 7) is 6.03. The Morgan fingerprint density at radius 2 is 1.90 bits per heavy atom. The monoisotopic (exact) mass is 273 g/mol. The summed E-state index contributed by atoms with van der Waals surface area (Å²) >= 11 is 0. The molecule has 1 N–H and O–H groups in total. The van der Waals surface area contributed by atoms with Crippen LogP contribution >= 0.6 is 0 Å². The molecular formula is C16H23N3O. The third-order valence-corrected chi connectivity index (χ3v) is 4.63. The second kappa shape index (κ2) is 5.44. The van der Waals surface area contributed by atoms with Gasteiger partial charge in [0.25, 0.3) is 0 Å². The number of rotatable bonds is 3. The molecule has 4 heteroatoms. The first-order valence-electron chi connectivity index (χ1n) is 7.59. The van der Waals surface area contributed by atoms with Crippen molar-refractivity contribution in [2.24, 2.45) is 0 Å². The van der Waals surface area contributed by atoms with E-state index in [4.69, 9.17) is 0 Å². The number of anilines is 1. The van der Waals surface area contributed by atoms with Gasteiger partial charge in [-0.1, -0.05) is 25.1 Å². The van der Waals surface area contributed by atoms with Crippen molar-refractivity contribution < 1.29 is 4.79 Å². The largest absolute Gasteiger partial charge is 0.339 e. The van der Waals surface area contributed by atoms with Gasteiger partial charge in [-0.25, -0.2) is 0 Å². The van der Waals surface area contributed by atoms with E-state index in [9.17, 15) is 4.79 Å². The number of carbonyl (C=O) groups excluding carboxylic acids is 1. The summed E-state index contributed by atoms with van der Waals surface area (Å²) in [6, 6.07) is 10.3. The van der Waals surface area contributed by atoms with Crippen LogP contribution in [0.4, 0.5) is 5.69 Å². The molecule has 108 valence electrons. The maximum atomic E-state index is 12.4. The molecule has 0 aliphatic carbocycles. The second-order valence-corrected chi connectivity index (χ2v) is 5.80. The van der Waals surface area contributed by atoms with Crippen molar-refractivity contribution in [3.05, 3.63) is 30.3 Å². The Kier molecular flexibility index (Phi) is 3.66. The Morgan fingerprint density at radius 1 is 1.20 bits per heavy atom. The average molecular weight is 273 g/mol. The number of hydrogen-bond acceptors (Lipinski definition) is 3. The first-order chi connectivity index (χ1) is 9.76. The molecule has 2 heterocycles. The van der Waals surface area contributed by atoms with Crippen molar-refractivity contribution in [2.75, 3.05) is 31.2 Å². The zero-order chi connectivity index (χ0) is 14.0. The predicted octanol–water partition coefficient (Wildman–Crippen LogP) is 1.82. The molecule has 0 radical (unpaired) electrons. The molecule has 0 saturated carbocycles. The summed E-state index contributed by atoms with van der Waals surface area (Å²) in [6.07, 6.45) is 3.03. The van der Waals surface area contributed by atoms with Gasteiger partial charge in [0.15, 0.2) is 0 Å². The molecule has 1 aromatic rings. The maximum Gasteiger partial charge on any atom is 0.247 e. The van der Waals surface area contributed by atoms with Gasteiger partial charge in [-0.3, -0.25) is 4.79 Å². The summed E-state index contributed by atoms with van der Waals surface area (Å²) in [7, 11) is 0. The molecule has 3 rings (SSSR count). The van der Waals surface area contributed by atoms with Crippen LogP contribution in [0.15, 0.2) is 30.3 Å². The van der Waals surface area contributed by atoms with Crippen molar-refractivity contribution in [2.45, 2.75) is 31.7 Å². The summed E-state index contributed by atoms with van der Waals surface area (Å²) in [4.78, 5) is 17.2. The van der Waals surface area contributed by atoms with E-state index in [1.54, 1.807) is 0 Å². The fourth-order valence-electron chi connectivity index (χ4n) is 3.50.